The van der Waals surface area contributed by atoms with Crippen LogP contribution >= 0.6 is 0 Å². The van der Waals surface area contributed by atoms with E-state index in [1.807, 2.05) is 26.1 Å². The molecule has 4 aliphatic rings. The highest BCUT2D eigenvalue weighted by atomic mass is 19.4. The van der Waals surface area contributed by atoms with Crippen molar-refractivity contribution < 1.29 is 171 Å². The summed E-state index contributed by atoms with van der Waals surface area (Å²) in [7, 11) is 0. The molecule has 2 atom stereocenters. The van der Waals surface area contributed by atoms with Crippen LogP contribution in [-0.4, -0.2) is 187 Å². The van der Waals surface area contributed by atoms with Gasteiger partial charge in [-0.15, -0.1) is 6.58 Å². The van der Waals surface area contributed by atoms with E-state index in [1.54, 1.807) is 11.4 Å². The van der Waals surface area contributed by atoms with Gasteiger partial charge in [-0.3, -0.25) is 43.4 Å². The number of nitrogens with one attached hydrogen (secondary N) is 2. The summed E-state index contributed by atoms with van der Waals surface area (Å²) in [5.41, 5.74) is -20.6. The molecule has 6 aromatic rings. The first-order chi connectivity index (χ1) is 53.7. The van der Waals surface area contributed by atoms with E-state index >= 15 is 52.7 Å². The molecule has 6 amide bonds. The van der Waals surface area contributed by atoms with E-state index in [-0.39, 0.29) is 89.8 Å². The first-order valence-corrected chi connectivity index (χ1v) is 32.5. The number of nitrogens with two attached hydrogens (primary N) is 4. The lowest BCUT2D eigenvalue weighted by Crippen LogP contribution is -2.55. The fourth-order valence-corrected chi connectivity index (χ4v) is 12.4. The van der Waals surface area contributed by atoms with Crippen molar-refractivity contribution in [1.82, 2.24) is 20.4 Å². The van der Waals surface area contributed by atoms with Crippen molar-refractivity contribution in [3.05, 3.63) is 222 Å². The Morgan fingerprint density at radius 3 is 1.04 bits per heavy atom. The van der Waals surface area contributed by atoms with Crippen molar-refractivity contribution in [3.63, 3.8) is 0 Å². The Morgan fingerprint density at radius 2 is 0.724 bits per heavy atom. The lowest BCUT2D eigenvalue weighted by Gasteiger charge is -2.38. The molecule has 2 unspecified atom stereocenters. The van der Waals surface area contributed by atoms with Gasteiger partial charge < -0.3 is 57.0 Å². The number of cyclic esters (lactones) is 4. The molecule has 0 radical (unpaired) electrons. The molecule has 12 N–H and O–H groups in total. The van der Waals surface area contributed by atoms with Crippen LogP contribution in [0.15, 0.2) is 122 Å². The van der Waals surface area contributed by atoms with Crippen molar-refractivity contribution >= 4 is 71.3 Å². The number of aromatic carboxylic acids is 2. The van der Waals surface area contributed by atoms with Gasteiger partial charge in [-0.25, -0.2) is 34.7 Å². The number of alkyl halides is 18. The van der Waals surface area contributed by atoms with E-state index in [9.17, 15) is 94.1 Å². The number of halogens is 18. The normalized spacial score (nSPS) is 14.8. The lowest BCUT2D eigenvalue weighted by molar-refractivity contribution is -0.290. The number of benzene rings is 6. The van der Waals surface area contributed by atoms with Crippen LogP contribution < -0.4 is 33.7 Å². The third-order valence-electron chi connectivity index (χ3n) is 17.6. The zero-order valence-corrected chi connectivity index (χ0v) is 59.1. The van der Waals surface area contributed by atoms with Crippen LogP contribution in [0.3, 0.4) is 0 Å². The van der Waals surface area contributed by atoms with Gasteiger partial charge in [0, 0.05) is 6.04 Å². The molecule has 4 aliphatic heterocycles. The highest BCUT2D eigenvalue weighted by Crippen LogP contribution is 2.60. The van der Waals surface area contributed by atoms with Crippen molar-refractivity contribution in [1.29, 1.82) is 0 Å². The fourth-order valence-electron chi connectivity index (χ4n) is 12.4. The molecule has 0 saturated heterocycles. The largest absolute Gasteiger partial charge is 0.478 e. The van der Waals surface area contributed by atoms with Gasteiger partial charge in [0.1, 0.15) is 6.67 Å². The number of hydrogen-bond donors (Lipinski definition) is 8. The first kappa shape index (κ1) is 91.1. The molecule has 0 aromatic heterocycles. The third kappa shape index (κ3) is 16.8. The maximum Gasteiger partial charge on any atom is 0.411 e. The van der Waals surface area contributed by atoms with Crippen molar-refractivity contribution in [2.75, 3.05) is 46.4 Å². The van der Waals surface area contributed by atoms with E-state index < -0.39 is 245 Å². The van der Waals surface area contributed by atoms with Crippen LogP contribution in [0.5, 0.6) is 0 Å². The molecule has 10 rings (SSSR count). The van der Waals surface area contributed by atoms with Gasteiger partial charge in [0.2, 0.25) is 16.2 Å². The van der Waals surface area contributed by atoms with Crippen LogP contribution in [0, 0.1) is 0 Å². The summed E-state index contributed by atoms with van der Waals surface area (Å²) in [6, 6.07) is 4.18. The van der Waals surface area contributed by atoms with E-state index in [0.29, 0.717) is 67.7 Å². The average Bonchev–Trinajstić information content (AvgIpc) is 1.12. The minimum absolute atomic E-state index is 0.00935. The van der Waals surface area contributed by atoms with Crippen LogP contribution in [0.25, 0.3) is 0 Å². The fraction of sp³-hybridized carbons (Fsp3) is 0.296. The van der Waals surface area contributed by atoms with Gasteiger partial charge >= 0.3 is 72.9 Å². The standard InChI is InChI=1S/C41H26F12N6O10.C19H6F6O6.C8H20N2O3.C3H6/c42-38(43,44)36(39(45,46)47,16-3-7-22(34(66)67)24(9-16)28(60)56-13-54)17-4-8-23(35(68)69)25(10-17)29(61)57-15-59-31(63)21-6-2-19(12-27(21)33(59)65)37(40(48,49)50,41(51,52)53)18-1-5-20-26(11-18)32(64)58(14-55)30(20)62;20-18(21,22)17(19(23,24)25,7-1-3-9-11(5-7)15(28)30-13(9)26)8-2-4-10-12(6-8)16(29)31-14(10)27;1-7(9)5-11-3-4-12-6-8(2)13-10;1-3-2/h1-12H,13-15,54-55H2,(H,56,60)(H,57,61)(H,66,67)(H,68,69);1-6H;7-8H,3-6,9-10H2,1-2H3;3H,1H2,2H3. The molecule has 6 aromatic carbocycles. The molecule has 0 aliphatic carbocycles. The van der Waals surface area contributed by atoms with E-state index in [1.165, 1.54) is 0 Å². The Hall–Kier alpha value is -12.0. The number of carbonyl (C=O) groups excluding carboxylic acids is 10. The zero-order valence-electron chi connectivity index (χ0n) is 59.1. The molecule has 0 bridgehead atoms. The number of carbonyl (C=O) groups is 12. The summed E-state index contributed by atoms with van der Waals surface area (Å²) in [5, 5.41) is 22.8. The second kappa shape index (κ2) is 34.2. The van der Waals surface area contributed by atoms with Gasteiger partial charge in [0.15, 0.2) is 0 Å². The van der Waals surface area contributed by atoms with E-state index in [4.69, 9.17) is 32.6 Å². The minimum atomic E-state index is -6.52. The number of rotatable bonds is 22. The minimum Gasteiger partial charge on any atom is -0.478 e. The molecule has 27 nitrogen and oxygen atoms in total. The van der Waals surface area contributed by atoms with Gasteiger partial charge in [-0.2, -0.15) is 79.0 Å². The molecule has 116 heavy (non-hydrogen) atoms. The van der Waals surface area contributed by atoms with Crippen molar-refractivity contribution in [2.24, 2.45) is 23.1 Å². The van der Waals surface area contributed by atoms with Gasteiger partial charge in [-0.05, 0) is 127 Å². The number of fused-ring (bicyclic) bond motifs is 4. The van der Waals surface area contributed by atoms with Gasteiger partial charge in [-0.1, -0.05) is 42.5 Å². The molecule has 0 spiro atoms. The summed E-state index contributed by atoms with van der Waals surface area (Å²) >= 11 is 0. The zero-order chi connectivity index (χ0) is 87.5. The smallest absolute Gasteiger partial charge is 0.411 e. The number of esters is 4. The molecule has 45 heteroatoms. The van der Waals surface area contributed by atoms with Crippen molar-refractivity contribution in [3.8, 4) is 0 Å². The predicted molar refractivity (Wildman–Crippen MR) is 356 cm³/mol. The molecular weight excluding hydrogens is 1610 g/mol. The first-order valence-electron chi connectivity index (χ1n) is 32.5. The summed E-state index contributed by atoms with van der Waals surface area (Å²) in [4.78, 5) is 154. The van der Waals surface area contributed by atoms with Crippen LogP contribution in [0.2, 0.25) is 0 Å². The topological polar surface area (TPSA) is 426 Å². The molecular formula is C71H58F18N8O19. The number of allylic oxidation sites excluding steroid dienone is 1. The number of imide groups is 2. The maximum atomic E-state index is 15.2. The van der Waals surface area contributed by atoms with Crippen LogP contribution in [-0.2, 0) is 40.0 Å². The Bertz CT molecular complexity index is 4840. The number of hydrogen-bond acceptors (Lipinski definition) is 21. The number of amides is 6. The van der Waals surface area contributed by atoms with Crippen molar-refractivity contribution in [2.45, 2.75) is 86.2 Å². The summed E-state index contributed by atoms with van der Waals surface area (Å²) in [6.07, 6.45) is -36.2. The third-order valence-corrected chi connectivity index (χ3v) is 17.6. The second-order valence-corrected chi connectivity index (χ2v) is 24.9. The quantitative estimate of drug-likeness (QED) is 0.00458. The molecule has 0 saturated carbocycles. The van der Waals surface area contributed by atoms with Crippen LogP contribution in [0.4, 0.5) is 79.0 Å². The molecule has 0 fully saturated rings. The Morgan fingerprint density at radius 1 is 0.440 bits per heavy atom. The average molecular weight is 1670 g/mol. The highest BCUT2D eigenvalue weighted by molar-refractivity contribution is 6.23. The Balaban J connectivity index is 0.000000322. The number of carboxylic acid groups (broad SMARTS) is 2. The molecule has 622 valence electrons. The number of nitrogens with zero attached hydrogens (tertiary/aromatic N) is 2. The molecule has 4 heterocycles. The lowest BCUT2D eigenvalue weighted by atomic mass is 9.71. The van der Waals surface area contributed by atoms with Gasteiger partial charge in [0.05, 0.1) is 113 Å². The van der Waals surface area contributed by atoms with E-state index in [2.05, 4.69) is 20.9 Å². The highest BCUT2D eigenvalue weighted by Gasteiger charge is 2.76. The summed E-state index contributed by atoms with van der Waals surface area (Å²) in [5.74, 6) is -13.7. The van der Waals surface area contributed by atoms with E-state index in [0.717, 1.165) is 0 Å². The predicted octanol–water partition coefficient (Wildman–Crippen LogP) is 9.60. The summed E-state index contributed by atoms with van der Waals surface area (Å²) in [6.45, 7) is 8.03. The SMILES string of the molecule is C=CC.CC(N)COCCOCC(C)ON.NCNC(=O)c1cc(C(c2ccc(C(=O)O)c(C(=O)NCN3C(=O)c4ccc(C(c5ccc6c(c5)C(=O)N(CN)C6=O)(C(F)(F)F)C(F)(F)F)cc4C3=O)c2)(C(F)(F)F)C(F)(F)F)ccc1C(=O)O.O=C1OC(=O)c2cc(C(c3ccc4c(c3)C(=O)OC4=O)(C(F)(F)F)C(F)(F)F)ccc21. The maximum absolute atomic E-state index is 15.2. The Labute approximate surface area is 638 Å². The van der Waals surface area contributed by atoms with Crippen LogP contribution in [0.1, 0.15) is 178 Å². The number of ether oxygens (including phenoxy) is 4. The Kier molecular flexibility index (Phi) is 26.9. The number of carboxylic acids is 2. The monoisotopic (exact) mass is 1670 g/mol. The second-order valence-electron chi connectivity index (χ2n) is 24.9. The summed E-state index contributed by atoms with van der Waals surface area (Å²) < 4.78 is 286. The van der Waals surface area contributed by atoms with Gasteiger partial charge in [0.25, 0.3) is 35.4 Å².